The Hall–Kier alpha value is -1.32. The summed E-state index contributed by atoms with van der Waals surface area (Å²) in [5, 5.41) is 12.0. The van der Waals surface area contributed by atoms with Crippen LogP contribution >= 0.6 is 0 Å². The molecule has 1 aliphatic rings. The second kappa shape index (κ2) is 7.97. The van der Waals surface area contributed by atoms with Crippen LogP contribution in [0.2, 0.25) is 0 Å². The molecule has 0 saturated heterocycles. The van der Waals surface area contributed by atoms with Gasteiger partial charge in [-0.1, -0.05) is 18.2 Å². The lowest BCUT2D eigenvalue weighted by Crippen LogP contribution is -2.19. The van der Waals surface area contributed by atoms with Gasteiger partial charge in [0.2, 0.25) is 0 Å². The summed E-state index contributed by atoms with van der Waals surface area (Å²) < 4.78 is 5.68. The molecule has 2 rings (SSSR count). The highest BCUT2D eigenvalue weighted by molar-refractivity contribution is 5.67. The maximum absolute atomic E-state index is 8.69. The molecular weight excluding hydrogens is 238 g/mol. The topological polar surface area (TPSA) is 41.5 Å². The van der Waals surface area contributed by atoms with Crippen LogP contribution in [0.15, 0.2) is 30.3 Å². The third-order valence-corrected chi connectivity index (χ3v) is 3.36. The van der Waals surface area contributed by atoms with Gasteiger partial charge in [0.25, 0.3) is 0 Å². The number of hydrogen-bond acceptors (Lipinski definition) is 3. The zero-order chi connectivity index (χ0) is 13.3. The monoisotopic (exact) mass is 261 g/mol. The van der Waals surface area contributed by atoms with E-state index in [9.17, 15) is 0 Å². The fourth-order valence-electron chi connectivity index (χ4n) is 2.23. The fraction of sp³-hybridized carbons (Fsp3) is 0.500. The van der Waals surface area contributed by atoms with E-state index in [-0.39, 0.29) is 6.61 Å². The highest BCUT2D eigenvalue weighted by Crippen LogP contribution is 2.22. The van der Waals surface area contributed by atoms with Gasteiger partial charge in [0.1, 0.15) is 5.75 Å². The van der Waals surface area contributed by atoms with E-state index in [0.29, 0.717) is 0 Å². The van der Waals surface area contributed by atoms with Crippen LogP contribution in [-0.2, 0) is 0 Å². The van der Waals surface area contributed by atoms with Crippen LogP contribution in [0.1, 0.15) is 31.2 Å². The molecule has 0 radical (unpaired) electrons. The van der Waals surface area contributed by atoms with Crippen molar-refractivity contribution in [1.82, 2.24) is 5.32 Å². The number of ether oxygens (including phenoxy) is 1. The normalized spacial score (nSPS) is 15.1. The standard InChI is InChI=1S/C16H23NO2/c18-12-2-1-3-13-19-16-6-4-14(5-7-16)15-8-10-17-11-9-15/h4-8,17-18H,1-3,9-13H2. The van der Waals surface area contributed by atoms with Gasteiger partial charge in [-0.05, 0) is 55.5 Å². The van der Waals surface area contributed by atoms with Gasteiger partial charge >= 0.3 is 0 Å². The van der Waals surface area contributed by atoms with E-state index in [1.165, 1.54) is 11.1 Å². The predicted octanol–water partition coefficient (Wildman–Crippen LogP) is 2.60. The minimum Gasteiger partial charge on any atom is -0.494 e. The van der Waals surface area contributed by atoms with Gasteiger partial charge < -0.3 is 15.2 Å². The molecule has 3 heteroatoms. The van der Waals surface area contributed by atoms with E-state index in [1.54, 1.807) is 0 Å². The van der Waals surface area contributed by atoms with E-state index in [2.05, 4.69) is 23.5 Å². The molecule has 1 aliphatic heterocycles. The lowest BCUT2D eigenvalue weighted by molar-refractivity contribution is 0.266. The molecule has 0 atom stereocenters. The quantitative estimate of drug-likeness (QED) is 0.741. The van der Waals surface area contributed by atoms with Gasteiger partial charge in [0.05, 0.1) is 6.61 Å². The molecule has 2 N–H and O–H groups in total. The molecule has 1 aromatic rings. The Bertz CT molecular complexity index is 398. The summed E-state index contributed by atoms with van der Waals surface area (Å²) in [5.41, 5.74) is 2.72. The summed E-state index contributed by atoms with van der Waals surface area (Å²) in [4.78, 5) is 0. The molecule has 1 heterocycles. The van der Waals surface area contributed by atoms with E-state index >= 15 is 0 Å². The molecule has 3 nitrogen and oxygen atoms in total. The number of rotatable bonds is 7. The third-order valence-electron chi connectivity index (χ3n) is 3.36. The van der Waals surface area contributed by atoms with Crippen LogP contribution in [0.3, 0.4) is 0 Å². The summed E-state index contributed by atoms with van der Waals surface area (Å²) in [5.74, 6) is 0.933. The molecule has 0 saturated carbocycles. The molecule has 0 spiro atoms. The largest absolute Gasteiger partial charge is 0.494 e. The lowest BCUT2D eigenvalue weighted by atomic mass is 10.0. The maximum atomic E-state index is 8.69. The Morgan fingerprint density at radius 1 is 1.11 bits per heavy atom. The van der Waals surface area contributed by atoms with Crippen molar-refractivity contribution in [2.24, 2.45) is 0 Å². The zero-order valence-electron chi connectivity index (χ0n) is 11.4. The van der Waals surface area contributed by atoms with Crippen molar-refractivity contribution in [1.29, 1.82) is 0 Å². The van der Waals surface area contributed by atoms with E-state index in [0.717, 1.165) is 51.1 Å². The Labute approximate surface area is 115 Å². The molecule has 0 aliphatic carbocycles. The van der Waals surface area contributed by atoms with Gasteiger partial charge in [-0.25, -0.2) is 0 Å². The zero-order valence-corrected chi connectivity index (χ0v) is 11.4. The first-order chi connectivity index (χ1) is 9.40. The highest BCUT2D eigenvalue weighted by Gasteiger charge is 2.05. The first-order valence-electron chi connectivity index (χ1n) is 7.14. The molecular formula is C16H23NO2. The van der Waals surface area contributed by atoms with E-state index in [4.69, 9.17) is 9.84 Å². The molecule has 0 unspecified atom stereocenters. The van der Waals surface area contributed by atoms with Crippen molar-refractivity contribution >= 4 is 5.57 Å². The molecule has 0 bridgehead atoms. The second-order valence-corrected chi connectivity index (χ2v) is 4.84. The predicted molar refractivity (Wildman–Crippen MR) is 78.3 cm³/mol. The Morgan fingerprint density at radius 2 is 1.95 bits per heavy atom. The van der Waals surface area contributed by atoms with Crippen molar-refractivity contribution < 1.29 is 9.84 Å². The number of unbranched alkanes of at least 4 members (excludes halogenated alkanes) is 2. The number of aliphatic hydroxyl groups excluding tert-OH is 1. The van der Waals surface area contributed by atoms with Crippen molar-refractivity contribution in [3.05, 3.63) is 35.9 Å². The van der Waals surface area contributed by atoms with Gasteiger partial charge in [0.15, 0.2) is 0 Å². The molecule has 104 valence electrons. The van der Waals surface area contributed by atoms with Crippen LogP contribution in [0.4, 0.5) is 0 Å². The Balaban J connectivity index is 1.79. The van der Waals surface area contributed by atoms with Gasteiger partial charge in [0, 0.05) is 13.2 Å². The lowest BCUT2D eigenvalue weighted by Gasteiger charge is -2.14. The average Bonchev–Trinajstić information content (AvgIpc) is 2.49. The van der Waals surface area contributed by atoms with Gasteiger partial charge in [-0.15, -0.1) is 0 Å². The summed E-state index contributed by atoms with van der Waals surface area (Å²) >= 11 is 0. The number of aliphatic hydroxyl groups is 1. The second-order valence-electron chi connectivity index (χ2n) is 4.84. The molecule has 0 fully saturated rings. The molecule has 0 amide bonds. The van der Waals surface area contributed by atoms with E-state index < -0.39 is 0 Å². The third kappa shape index (κ3) is 4.69. The molecule has 1 aromatic carbocycles. The summed E-state index contributed by atoms with van der Waals surface area (Å²) in [6.07, 6.45) is 6.24. The van der Waals surface area contributed by atoms with Crippen LogP contribution in [0, 0.1) is 0 Å². The van der Waals surface area contributed by atoms with Crippen LogP contribution in [0.25, 0.3) is 5.57 Å². The minimum absolute atomic E-state index is 0.276. The first-order valence-corrected chi connectivity index (χ1v) is 7.14. The van der Waals surface area contributed by atoms with Crippen molar-refractivity contribution in [3.63, 3.8) is 0 Å². The van der Waals surface area contributed by atoms with Crippen molar-refractivity contribution in [2.45, 2.75) is 25.7 Å². The Kier molecular flexibility index (Phi) is 5.92. The Morgan fingerprint density at radius 3 is 2.63 bits per heavy atom. The summed E-state index contributed by atoms with van der Waals surface area (Å²) in [6, 6.07) is 8.37. The minimum atomic E-state index is 0.276. The maximum Gasteiger partial charge on any atom is 0.119 e. The van der Waals surface area contributed by atoms with Gasteiger partial charge in [-0.2, -0.15) is 0 Å². The van der Waals surface area contributed by atoms with Crippen LogP contribution in [0.5, 0.6) is 5.75 Å². The summed E-state index contributed by atoms with van der Waals surface area (Å²) in [6.45, 7) is 3.04. The first kappa shape index (κ1) is 14.1. The fourth-order valence-corrected chi connectivity index (χ4v) is 2.23. The highest BCUT2D eigenvalue weighted by atomic mass is 16.5. The number of hydrogen-bond donors (Lipinski definition) is 2. The SMILES string of the molecule is OCCCCCOc1ccc(C2=CCNCC2)cc1. The number of benzene rings is 1. The van der Waals surface area contributed by atoms with Crippen LogP contribution < -0.4 is 10.1 Å². The number of nitrogens with one attached hydrogen (secondary N) is 1. The smallest absolute Gasteiger partial charge is 0.119 e. The van der Waals surface area contributed by atoms with E-state index in [1.807, 2.05) is 12.1 Å². The summed E-state index contributed by atoms with van der Waals surface area (Å²) in [7, 11) is 0. The average molecular weight is 261 g/mol. The van der Waals surface area contributed by atoms with Crippen molar-refractivity contribution in [3.8, 4) is 5.75 Å². The molecule has 19 heavy (non-hydrogen) atoms. The van der Waals surface area contributed by atoms with Crippen molar-refractivity contribution in [2.75, 3.05) is 26.3 Å². The molecule has 0 aromatic heterocycles. The van der Waals surface area contributed by atoms with Gasteiger partial charge in [-0.3, -0.25) is 0 Å². The van der Waals surface area contributed by atoms with Crippen LogP contribution in [-0.4, -0.2) is 31.4 Å².